The van der Waals surface area contributed by atoms with Crippen LogP contribution in [0.5, 0.6) is 0 Å². The van der Waals surface area contributed by atoms with Crippen molar-refractivity contribution < 1.29 is 18.8 Å². The van der Waals surface area contributed by atoms with Gasteiger partial charge in [0.15, 0.2) is 0 Å². The summed E-state index contributed by atoms with van der Waals surface area (Å²) >= 11 is 1.34. The smallest absolute Gasteiger partial charge is 0.272 e. The van der Waals surface area contributed by atoms with Gasteiger partial charge < -0.3 is 16.0 Å². The highest BCUT2D eigenvalue weighted by atomic mass is 32.2. The number of rotatable bonds is 10. The zero-order valence-corrected chi connectivity index (χ0v) is 26.4. The number of amides is 3. The van der Waals surface area contributed by atoms with Crippen molar-refractivity contribution in [3.8, 4) is 0 Å². The van der Waals surface area contributed by atoms with Gasteiger partial charge in [-0.05, 0) is 59.5 Å². The number of fused-ring (bicyclic) bond motifs is 1. The van der Waals surface area contributed by atoms with Gasteiger partial charge in [0.1, 0.15) is 16.8 Å². The standard InChI is InChI=1S/C40H30FN3O3S/c41-34-23-10-8-18-30(34)25-36(44-38(45)29-16-5-2-6-17-29)39(46)42-31-20-12-21-32(26-31)48-37(28-14-3-1-4-15-28)40(47)43-35-24-11-19-27-13-7-9-22-33(27)35/h1-26,37H,(H,42,46)(H,43,47)(H,44,45)/b36-25-. The largest absolute Gasteiger partial charge is 0.324 e. The minimum absolute atomic E-state index is 0.136. The van der Waals surface area contributed by atoms with Crippen LogP contribution in [0, 0.1) is 5.82 Å². The molecule has 3 N–H and O–H groups in total. The summed E-state index contributed by atoms with van der Waals surface area (Å²) in [4.78, 5) is 41.2. The van der Waals surface area contributed by atoms with E-state index in [-0.39, 0.29) is 17.2 Å². The molecule has 8 heteroatoms. The number of anilines is 2. The second-order valence-electron chi connectivity index (χ2n) is 10.8. The third-order valence-electron chi connectivity index (χ3n) is 7.47. The number of thioether (sulfide) groups is 1. The van der Waals surface area contributed by atoms with Crippen LogP contribution in [0.1, 0.15) is 26.7 Å². The highest BCUT2D eigenvalue weighted by Crippen LogP contribution is 2.38. The fourth-order valence-corrected chi connectivity index (χ4v) is 6.19. The minimum Gasteiger partial charge on any atom is -0.324 e. The van der Waals surface area contributed by atoms with E-state index in [1.54, 1.807) is 60.7 Å². The van der Waals surface area contributed by atoms with Gasteiger partial charge in [0.25, 0.3) is 11.8 Å². The third kappa shape index (κ3) is 7.86. The molecule has 0 bridgehead atoms. The van der Waals surface area contributed by atoms with Crippen molar-refractivity contribution in [3.63, 3.8) is 0 Å². The van der Waals surface area contributed by atoms with Gasteiger partial charge in [-0.15, -0.1) is 11.8 Å². The Labute approximate surface area is 281 Å². The zero-order valence-electron chi connectivity index (χ0n) is 25.6. The SMILES string of the molecule is O=C(Nc1cccc(SC(C(=O)Nc2cccc3ccccc23)c2ccccc2)c1)/C(=C/c1ccccc1F)NC(=O)c1ccccc1. The van der Waals surface area contributed by atoms with Gasteiger partial charge in [-0.3, -0.25) is 14.4 Å². The van der Waals surface area contributed by atoms with Crippen LogP contribution in [-0.4, -0.2) is 17.7 Å². The molecule has 6 aromatic rings. The van der Waals surface area contributed by atoms with Crippen LogP contribution >= 0.6 is 11.8 Å². The van der Waals surface area contributed by atoms with E-state index in [4.69, 9.17) is 0 Å². The van der Waals surface area contributed by atoms with E-state index >= 15 is 0 Å². The second-order valence-corrected chi connectivity index (χ2v) is 12.0. The van der Waals surface area contributed by atoms with Crippen LogP contribution in [0.2, 0.25) is 0 Å². The van der Waals surface area contributed by atoms with E-state index in [0.29, 0.717) is 16.9 Å². The van der Waals surface area contributed by atoms with Crippen molar-refractivity contribution in [1.82, 2.24) is 5.32 Å². The molecular weight excluding hydrogens is 622 g/mol. The van der Waals surface area contributed by atoms with Crippen LogP contribution < -0.4 is 16.0 Å². The molecule has 0 radical (unpaired) electrons. The molecule has 6 nitrogen and oxygen atoms in total. The summed E-state index contributed by atoms with van der Waals surface area (Å²) in [6.07, 6.45) is 1.30. The quantitative estimate of drug-likeness (QED) is 0.102. The normalized spacial score (nSPS) is 11.8. The molecule has 0 heterocycles. The first-order valence-corrected chi connectivity index (χ1v) is 16.1. The molecule has 236 valence electrons. The third-order valence-corrected chi connectivity index (χ3v) is 8.72. The Hall–Kier alpha value is -5.99. The van der Waals surface area contributed by atoms with Crippen LogP contribution in [0.3, 0.4) is 0 Å². The Balaban J connectivity index is 1.25. The van der Waals surface area contributed by atoms with Crippen molar-refractivity contribution in [2.24, 2.45) is 0 Å². The van der Waals surface area contributed by atoms with Crippen molar-refractivity contribution >= 4 is 57.7 Å². The molecule has 0 saturated carbocycles. The molecule has 0 aromatic heterocycles. The Morgan fingerprint density at radius 3 is 2.12 bits per heavy atom. The molecule has 0 aliphatic heterocycles. The van der Waals surface area contributed by atoms with Crippen molar-refractivity contribution in [1.29, 1.82) is 0 Å². The lowest BCUT2D eigenvalue weighted by Gasteiger charge is -2.18. The van der Waals surface area contributed by atoms with Gasteiger partial charge in [-0.1, -0.05) is 109 Å². The molecule has 0 fully saturated rings. The fraction of sp³-hybridized carbons (Fsp3) is 0.0250. The molecule has 0 aliphatic carbocycles. The average molecular weight is 652 g/mol. The molecule has 0 aliphatic rings. The van der Waals surface area contributed by atoms with Gasteiger partial charge in [-0.25, -0.2) is 4.39 Å². The van der Waals surface area contributed by atoms with Gasteiger partial charge in [-0.2, -0.15) is 0 Å². The van der Waals surface area contributed by atoms with E-state index in [2.05, 4.69) is 16.0 Å². The summed E-state index contributed by atoms with van der Waals surface area (Å²) in [5.74, 6) is -1.89. The Morgan fingerprint density at radius 1 is 0.667 bits per heavy atom. The van der Waals surface area contributed by atoms with Crippen LogP contribution in [0.4, 0.5) is 15.8 Å². The van der Waals surface area contributed by atoms with Gasteiger partial charge >= 0.3 is 0 Å². The van der Waals surface area contributed by atoms with Gasteiger partial charge in [0.2, 0.25) is 5.91 Å². The molecule has 6 aromatic carbocycles. The van der Waals surface area contributed by atoms with Crippen molar-refractivity contribution in [2.45, 2.75) is 10.1 Å². The first kappa shape index (κ1) is 32.0. The predicted octanol–water partition coefficient (Wildman–Crippen LogP) is 8.86. The molecule has 6 rings (SSSR count). The van der Waals surface area contributed by atoms with E-state index in [1.165, 1.54) is 30.0 Å². The number of carbonyl (C=O) groups is 3. The summed E-state index contributed by atoms with van der Waals surface area (Å²) in [5.41, 5.74) is 2.31. The maximum atomic E-state index is 14.6. The van der Waals surface area contributed by atoms with Crippen molar-refractivity contribution in [2.75, 3.05) is 10.6 Å². The molecule has 3 amide bonds. The van der Waals surface area contributed by atoms with Crippen LogP contribution in [0.25, 0.3) is 16.8 Å². The predicted molar refractivity (Wildman–Crippen MR) is 191 cm³/mol. The number of benzene rings is 6. The molecule has 1 atom stereocenters. The van der Waals surface area contributed by atoms with Gasteiger partial charge in [0.05, 0.1) is 0 Å². The average Bonchev–Trinajstić information content (AvgIpc) is 3.12. The molecule has 0 spiro atoms. The Morgan fingerprint density at radius 2 is 1.33 bits per heavy atom. The highest BCUT2D eigenvalue weighted by molar-refractivity contribution is 8.00. The first-order valence-electron chi connectivity index (χ1n) is 15.2. The number of halogens is 1. The van der Waals surface area contributed by atoms with Crippen LogP contribution in [-0.2, 0) is 9.59 Å². The molecule has 0 saturated heterocycles. The molecular formula is C40H30FN3O3S. The maximum absolute atomic E-state index is 14.6. The summed E-state index contributed by atoms with van der Waals surface area (Å²) < 4.78 is 14.6. The zero-order chi connectivity index (χ0) is 33.3. The lowest BCUT2D eigenvalue weighted by molar-refractivity contribution is -0.116. The fourth-order valence-electron chi connectivity index (χ4n) is 5.11. The lowest BCUT2D eigenvalue weighted by Crippen LogP contribution is -2.30. The molecule has 48 heavy (non-hydrogen) atoms. The summed E-state index contributed by atoms with van der Waals surface area (Å²) in [5, 5.41) is 9.92. The topological polar surface area (TPSA) is 87.3 Å². The maximum Gasteiger partial charge on any atom is 0.272 e. The van der Waals surface area contributed by atoms with E-state index < -0.39 is 22.9 Å². The minimum atomic E-state index is -0.641. The Bertz CT molecular complexity index is 2110. The number of nitrogens with one attached hydrogen (secondary N) is 3. The van der Waals surface area contributed by atoms with E-state index in [9.17, 15) is 18.8 Å². The lowest BCUT2D eigenvalue weighted by atomic mass is 10.1. The number of carbonyl (C=O) groups excluding carboxylic acids is 3. The van der Waals surface area contributed by atoms with Gasteiger partial charge in [0, 0.05) is 32.8 Å². The van der Waals surface area contributed by atoms with Crippen molar-refractivity contribution in [3.05, 3.63) is 180 Å². The summed E-state index contributed by atoms with van der Waals surface area (Å²) in [6.45, 7) is 0. The monoisotopic (exact) mass is 651 g/mol. The van der Waals surface area contributed by atoms with E-state index in [1.807, 2.05) is 78.9 Å². The first-order chi connectivity index (χ1) is 23.4. The Kier molecular flexibility index (Phi) is 10.0. The molecule has 1 unspecified atom stereocenters. The summed E-state index contributed by atoms with van der Waals surface area (Å²) in [6, 6.07) is 44.6. The second kappa shape index (κ2) is 15.1. The van der Waals surface area contributed by atoms with Crippen LogP contribution in [0.15, 0.2) is 162 Å². The number of hydrogen-bond donors (Lipinski definition) is 3. The van der Waals surface area contributed by atoms with E-state index in [0.717, 1.165) is 21.2 Å². The highest BCUT2D eigenvalue weighted by Gasteiger charge is 2.23. The summed E-state index contributed by atoms with van der Waals surface area (Å²) in [7, 11) is 0. The number of hydrogen-bond acceptors (Lipinski definition) is 4.